The summed E-state index contributed by atoms with van der Waals surface area (Å²) in [5, 5.41) is 2.92. The minimum Gasteiger partial charge on any atom is -0.454 e. The largest absolute Gasteiger partial charge is 0.454 e. The fourth-order valence-electron chi connectivity index (χ4n) is 3.17. The molecule has 1 aromatic heterocycles. The number of benzene rings is 2. The molecule has 6 nitrogen and oxygen atoms in total. The van der Waals surface area contributed by atoms with Gasteiger partial charge in [-0.3, -0.25) is 4.79 Å². The molecule has 0 saturated heterocycles. The monoisotopic (exact) mass is 363 g/mol. The van der Waals surface area contributed by atoms with E-state index in [-0.39, 0.29) is 12.7 Å². The molecule has 6 heteroatoms. The zero-order chi connectivity index (χ0) is 18.6. The number of para-hydroxylation sites is 2. The van der Waals surface area contributed by atoms with Crippen LogP contribution in [0.5, 0.6) is 11.5 Å². The van der Waals surface area contributed by atoms with E-state index in [1.807, 2.05) is 43.3 Å². The average molecular weight is 363 g/mol. The van der Waals surface area contributed by atoms with E-state index in [0.717, 1.165) is 41.1 Å². The molecule has 0 spiro atoms. The zero-order valence-corrected chi connectivity index (χ0v) is 15.1. The highest BCUT2D eigenvalue weighted by Crippen LogP contribution is 2.32. The summed E-state index contributed by atoms with van der Waals surface area (Å²) in [6, 6.07) is 13.7. The highest BCUT2D eigenvalue weighted by atomic mass is 16.7. The van der Waals surface area contributed by atoms with Gasteiger partial charge in [-0.1, -0.05) is 18.2 Å². The molecule has 1 N–H and O–H groups in total. The normalized spacial score (nSPS) is 12.8. The van der Waals surface area contributed by atoms with E-state index in [1.54, 1.807) is 6.08 Å². The Hall–Kier alpha value is -3.28. The summed E-state index contributed by atoms with van der Waals surface area (Å²) in [5.41, 5.74) is 3.03. The number of rotatable bonds is 6. The Morgan fingerprint density at radius 1 is 1.22 bits per heavy atom. The van der Waals surface area contributed by atoms with Crippen molar-refractivity contribution in [3.8, 4) is 11.5 Å². The Kier molecular flexibility index (Phi) is 4.78. The Morgan fingerprint density at radius 2 is 2.07 bits per heavy atom. The van der Waals surface area contributed by atoms with E-state index in [9.17, 15) is 4.79 Å². The van der Waals surface area contributed by atoms with Crippen molar-refractivity contribution in [1.82, 2.24) is 14.9 Å². The van der Waals surface area contributed by atoms with Gasteiger partial charge in [-0.2, -0.15) is 0 Å². The second-order valence-electron chi connectivity index (χ2n) is 6.39. The van der Waals surface area contributed by atoms with Gasteiger partial charge in [0.2, 0.25) is 12.7 Å². The van der Waals surface area contributed by atoms with Crippen LogP contribution in [-0.2, 0) is 11.3 Å². The van der Waals surface area contributed by atoms with Crippen molar-refractivity contribution in [2.24, 2.45) is 0 Å². The molecule has 138 valence electrons. The summed E-state index contributed by atoms with van der Waals surface area (Å²) in [6.07, 6.45) is 4.14. The quantitative estimate of drug-likeness (QED) is 0.539. The molecule has 2 heterocycles. The molecular weight excluding hydrogens is 342 g/mol. The smallest absolute Gasteiger partial charge is 0.244 e. The van der Waals surface area contributed by atoms with Crippen molar-refractivity contribution in [1.29, 1.82) is 0 Å². The first-order valence-electron chi connectivity index (χ1n) is 8.98. The SMILES string of the molecule is Cc1nc2ccccc2n1CCCNC(=O)C=Cc1ccc2c(c1)OCO2. The molecule has 0 radical (unpaired) electrons. The van der Waals surface area contributed by atoms with Crippen molar-refractivity contribution < 1.29 is 14.3 Å². The van der Waals surface area contributed by atoms with Gasteiger partial charge in [0.05, 0.1) is 11.0 Å². The lowest BCUT2D eigenvalue weighted by molar-refractivity contribution is -0.116. The van der Waals surface area contributed by atoms with Crippen LogP contribution in [0, 0.1) is 6.92 Å². The molecule has 0 atom stereocenters. The van der Waals surface area contributed by atoms with E-state index in [1.165, 1.54) is 6.08 Å². The molecule has 0 bridgehead atoms. The second kappa shape index (κ2) is 7.53. The summed E-state index contributed by atoms with van der Waals surface area (Å²) >= 11 is 0. The molecule has 0 unspecified atom stereocenters. The minimum absolute atomic E-state index is 0.111. The molecule has 0 aliphatic carbocycles. The predicted molar refractivity (Wildman–Crippen MR) is 104 cm³/mol. The summed E-state index contributed by atoms with van der Waals surface area (Å²) in [7, 11) is 0. The van der Waals surface area contributed by atoms with E-state index < -0.39 is 0 Å². The molecule has 3 aromatic rings. The third kappa shape index (κ3) is 3.79. The van der Waals surface area contributed by atoms with Crippen LogP contribution in [0.15, 0.2) is 48.5 Å². The third-order valence-electron chi connectivity index (χ3n) is 4.53. The topological polar surface area (TPSA) is 65.4 Å². The standard InChI is InChI=1S/C21H21N3O3/c1-15-23-17-5-2-3-6-18(17)24(15)12-4-11-22-21(25)10-8-16-7-9-19-20(13-16)27-14-26-19/h2-3,5-10,13H,4,11-12,14H2,1H3,(H,22,25). The van der Waals surface area contributed by atoms with Crippen LogP contribution in [0.4, 0.5) is 0 Å². The first-order valence-corrected chi connectivity index (χ1v) is 8.98. The van der Waals surface area contributed by atoms with Crippen molar-refractivity contribution in [3.63, 3.8) is 0 Å². The molecule has 27 heavy (non-hydrogen) atoms. The van der Waals surface area contributed by atoms with Gasteiger partial charge in [-0.15, -0.1) is 0 Å². The molecular formula is C21H21N3O3. The Bertz CT molecular complexity index is 1010. The lowest BCUT2D eigenvalue weighted by atomic mass is 10.2. The zero-order valence-electron chi connectivity index (χ0n) is 15.1. The van der Waals surface area contributed by atoms with Crippen LogP contribution in [0.2, 0.25) is 0 Å². The van der Waals surface area contributed by atoms with Gasteiger partial charge < -0.3 is 19.4 Å². The van der Waals surface area contributed by atoms with Crippen molar-refractivity contribution >= 4 is 23.0 Å². The van der Waals surface area contributed by atoms with Crippen LogP contribution in [0.3, 0.4) is 0 Å². The fraction of sp³-hybridized carbons (Fsp3) is 0.238. The molecule has 0 fully saturated rings. The maximum Gasteiger partial charge on any atom is 0.244 e. The van der Waals surface area contributed by atoms with E-state index in [2.05, 4.69) is 20.9 Å². The van der Waals surface area contributed by atoms with E-state index in [4.69, 9.17) is 9.47 Å². The first kappa shape index (κ1) is 17.1. The molecule has 4 rings (SSSR count). The Balaban J connectivity index is 1.27. The molecule has 2 aromatic carbocycles. The highest BCUT2D eigenvalue weighted by molar-refractivity contribution is 5.91. The van der Waals surface area contributed by atoms with Gasteiger partial charge in [0.1, 0.15) is 5.82 Å². The molecule has 1 aliphatic rings. The Morgan fingerprint density at radius 3 is 3.00 bits per heavy atom. The van der Waals surface area contributed by atoms with Gasteiger partial charge in [-0.25, -0.2) is 4.98 Å². The van der Waals surface area contributed by atoms with Crippen LogP contribution >= 0.6 is 0 Å². The number of ether oxygens (including phenoxy) is 2. The predicted octanol–water partition coefficient (Wildman–Crippen LogP) is 3.29. The maximum absolute atomic E-state index is 12.0. The van der Waals surface area contributed by atoms with Gasteiger partial charge in [0, 0.05) is 19.2 Å². The maximum atomic E-state index is 12.0. The van der Waals surface area contributed by atoms with Gasteiger partial charge in [-0.05, 0) is 49.2 Å². The van der Waals surface area contributed by atoms with Gasteiger partial charge in [0.25, 0.3) is 0 Å². The third-order valence-corrected chi connectivity index (χ3v) is 4.53. The van der Waals surface area contributed by atoms with Crippen LogP contribution in [0.1, 0.15) is 17.8 Å². The molecule has 1 aliphatic heterocycles. The van der Waals surface area contributed by atoms with Crippen LogP contribution in [-0.4, -0.2) is 28.8 Å². The average Bonchev–Trinajstić information content (AvgIpc) is 3.27. The summed E-state index contributed by atoms with van der Waals surface area (Å²) < 4.78 is 12.8. The van der Waals surface area contributed by atoms with E-state index >= 15 is 0 Å². The number of nitrogens with one attached hydrogen (secondary N) is 1. The minimum atomic E-state index is -0.111. The number of carbonyl (C=O) groups is 1. The lowest BCUT2D eigenvalue weighted by Gasteiger charge is -2.07. The number of amides is 1. The van der Waals surface area contributed by atoms with Crippen molar-refractivity contribution in [2.45, 2.75) is 19.9 Å². The number of imidazole rings is 1. The van der Waals surface area contributed by atoms with Crippen LogP contribution in [0.25, 0.3) is 17.1 Å². The van der Waals surface area contributed by atoms with Crippen LogP contribution < -0.4 is 14.8 Å². The second-order valence-corrected chi connectivity index (χ2v) is 6.39. The number of carbonyl (C=O) groups excluding carboxylic acids is 1. The van der Waals surface area contributed by atoms with Gasteiger partial charge in [0.15, 0.2) is 11.5 Å². The number of nitrogens with zero attached hydrogens (tertiary/aromatic N) is 2. The molecule has 0 saturated carbocycles. The summed E-state index contributed by atoms with van der Waals surface area (Å²) in [4.78, 5) is 16.6. The fourth-order valence-corrected chi connectivity index (χ4v) is 3.17. The van der Waals surface area contributed by atoms with E-state index in [0.29, 0.717) is 12.3 Å². The summed E-state index contributed by atoms with van der Waals surface area (Å²) in [6.45, 7) is 3.68. The Labute approximate surface area is 157 Å². The number of aromatic nitrogens is 2. The number of aryl methyl sites for hydroxylation is 2. The van der Waals surface area contributed by atoms with Gasteiger partial charge >= 0.3 is 0 Å². The number of hydrogen-bond acceptors (Lipinski definition) is 4. The van der Waals surface area contributed by atoms with Crippen molar-refractivity contribution in [3.05, 3.63) is 59.9 Å². The number of fused-ring (bicyclic) bond motifs is 2. The van der Waals surface area contributed by atoms with Crippen molar-refractivity contribution in [2.75, 3.05) is 13.3 Å². The molecule has 1 amide bonds. The summed E-state index contributed by atoms with van der Waals surface area (Å²) in [5.74, 6) is 2.32. The first-order chi connectivity index (χ1) is 13.2. The highest BCUT2D eigenvalue weighted by Gasteiger charge is 2.12. The lowest BCUT2D eigenvalue weighted by Crippen LogP contribution is -2.23. The number of hydrogen-bond donors (Lipinski definition) is 1.